The first-order valence-electron chi connectivity index (χ1n) is 11.4. The maximum Gasteiger partial charge on any atom is 0.264 e. The largest absolute Gasteiger partial charge is 0.335 e. The minimum absolute atomic E-state index is 0.0115. The predicted molar refractivity (Wildman–Crippen MR) is 133 cm³/mol. The molecule has 4 rings (SSSR count). The summed E-state index contributed by atoms with van der Waals surface area (Å²) in [4.78, 5) is 32.6. The van der Waals surface area contributed by atoms with Crippen molar-refractivity contribution in [3.05, 3.63) is 57.8 Å². The van der Waals surface area contributed by atoms with E-state index in [9.17, 15) is 9.59 Å². The smallest absolute Gasteiger partial charge is 0.264 e. The van der Waals surface area contributed by atoms with Crippen LogP contribution in [0.25, 0.3) is 0 Å². The molecule has 1 aromatic heterocycles. The van der Waals surface area contributed by atoms with Gasteiger partial charge in [0.15, 0.2) is 0 Å². The molecule has 2 aromatic rings. The van der Waals surface area contributed by atoms with Gasteiger partial charge in [0.25, 0.3) is 5.91 Å². The average molecular weight is 472 g/mol. The van der Waals surface area contributed by atoms with Gasteiger partial charge < -0.3 is 9.80 Å². The van der Waals surface area contributed by atoms with Crippen molar-refractivity contribution in [1.82, 2.24) is 14.7 Å². The summed E-state index contributed by atoms with van der Waals surface area (Å²) < 4.78 is 0. The molecule has 2 aliphatic heterocycles. The molecule has 3 heterocycles. The minimum atomic E-state index is -0.0115. The lowest BCUT2D eigenvalue weighted by molar-refractivity contribution is -0.130. The number of hydrogen-bond donors (Lipinski definition) is 0. The molecule has 2 saturated heterocycles. The van der Waals surface area contributed by atoms with Crippen molar-refractivity contribution in [2.24, 2.45) is 0 Å². The SMILES string of the molecule is CC1SC(c2ccc(C(C)(C)C)cc2)N(CCN2CCN(C(=O)c3cccs3)CC2)C1=O. The third-order valence-corrected chi connectivity index (χ3v) is 8.61. The van der Waals surface area contributed by atoms with Gasteiger partial charge in [0.1, 0.15) is 5.37 Å². The first kappa shape index (κ1) is 23.3. The number of rotatable bonds is 5. The fourth-order valence-electron chi connectivity index (χ4n) is 4.29. The third-order valence-electron chi connectivity index (χ3n) is 6.36. The molecule has 172 valence electrons. The first-order chi connectivity index (χ1) is 15.2. The number of carbonyl (C=O) groups excluding carboxylic acids is 2. The summed E-state index contributed by atoms with van der Waals surface area (Å²) in [7, 11) is 0. The van der Waals surface area contributed by atoms with E-state index in [4.69, 9.17) is 0 Å². The van der Waals surface area contributed by atoms with Gasteiger partial charge in [0.05, 0.1) is 10.1 Å². The van der Waals surface area contributed by atoms with E-state index in [1.54, 1.807) is 11.8 Å². The van der Waals surface area contributed by atoms with Crippen molar-refractivity contribution in [2.75, 3.05) is 39.3 Å². The lowest BCUT2D eigenvalue weighted by Gasteiger charge is -2.36. The van der Waals surface area contributed by atoms with Gasteiger partial charge in [0, 0.05) is 39.3 Å². The molecule has 2 unspecified atom stereocenters. The fourth-order valence-corrected chi connectivity index (χ4v) is 6.29. The standard InChI is InChI=1S/C25H33N3O2S2/c1-18-22(29)28(24(32-18)19-7-9-20(10-8-19)25(2,3)4)16-13-26-11-14-27(15-12-26)23(30)21-6-5-17-31-21/h5-10,17-18,24H,11-16H2,1-4H3. The van der Waals surface area contributed by atoms with Gasteiger partial charge in [-0.15, -0.1) is 23.1 Å². The van der Waals surface area contributed by atoms with Crippen molar-refractivity contribution in [3.63, 3.8) is 0 Å². The average Bonchev–Trinajstić information content (AvgIpc) is 3.41. The number of piperazine rings is 1. The van der Waals surface area contributed by atoms with Crippen LogP contribution in [0.5, 0.6) is 0 Å². The Balaban J connectivity index is 1.34. The molecular formula is C25H33N3O2S2. The molecule has 0 bridgehead atoms. The lowest BCUT2D eigenvalue weighted by atomic mass is 9.86. The Labute approximate surface area is 199 Å². The lowest BCUT2D eigenvalue weighted by Crippen LogP contribution is -2.50. The van der Waals surface area contributed by atoms with Crippen LogP contribution < -0.4 is 0 Å². The van der Waals surface area contributed by atoms with Crippen LogP contribution in [-0.2, 0) is 10.2 Å². The van der Waals surface area contributed by atoms with Crippen molar-refractivity contribution in [3.8, 4) is 0 Å². The molecule has 2 aliphatic rings. The molecule has 2 atom stereocenters. The maximum atomic E-state index is 12.9. The molecule has 1 aromatic carbocycles. The summed E-state index contributed by atoms with van der Waals surface area (Å²) >= 11 is 3.25. The Morgan fingerprint density at radius 3 is 2.31 bits per heavy atom. The highest BCUT2D eigenvalue weighted by Gasteiger charge is 2.38. The maximum absolute atomic E-state index is 12.9. The van der Waals surface area contributed by atoms with Crippen molar-refractivity contribution >= 4 is 34.9 Å². The predicted octanol–water partition coefficient (Wildman–Crippen LogP) is 4.47. The Morgan fingerprint density at radius 1 is 1.03 bits per heavy atom. The highest BCUT2D eigenvalue weighted by molar-refractivity contribution is 8.01. The van der Waals surface area contributed by atoms with Crippen molar-refractivity contribution in [2.45, 2.75) is 43.7 Å². The molecule has 7 heteroatoms. The van der Waals surface area contributed by atoms with Crippen LogP contribution >= 0.6 is 23.1 Å². The number of nitrogens with zero attached hydrogens (tertiary/aromatic N) is 3. The van der Waals surface area contributed by atoms with Crippen LogP contribution in [0.2, 0.25) is 0 Å². The Bertz CT molecular complexity index is 929. The van der Waals surface area contributed by atoms with Crippen LogP contribution in [0.1, 0.15) is 53.9 Å². The van der Waals surface area contributed by atoms with Crippen LogP contribution in [-0.4, -0.2) is 71.0 Å². The van der Waals surface area contributed by atoms with E-state index in [0.29, 0.717) is 0 Å². The number of thiophene rings is 1. The number of thioether (sulfide) groups is 1. The van der Waals surface area contributed by atoms with E-state index >= 15 is 0 Å². The first-order valence-corrected chi connectivity index (χ1v) is 13.2. The van der Waals surface area contributed by atoms with Gasteiger partial charge >= 0.3 is 0 Å². The number of hydrogen-bond acceptors (Lipinski definition) is 5. The zero-order valence-electron chi connectivity index (χ0n) is 19.4. The van der Waals surface area contributed by atoms with Crippen LogP contribution in [0, 0.1) is 0 Å². The van der Waals surface area contributed by atoms with Crippen LogP contribution in [0.15, 0.2) is 41.8 Å². The van der Waals surface area contributed by atoms with Gasteiger partial charge in [0.2, 0.25) is 5.91 Å². The van der Waals surface area contributed by atoms with E-state index in [1.807, 2.05) is 34.2 Å². The van der Waals surface area contributed by atoms with E-state index in [1.165, 1.54) is 22.5 Å². The fraction of sp³-hybridized carbons (Fsp3) is 0.520. The second kappa shape index (κ2) is 9.57. The molecule has 32 heavy (non-hydrogen) atoms. The summed E-state index contributed by atoms with van der Waals surface area (Å²) in [5.41, 5.74) is 2.63. The molecule has 0 radical (unpaired) electrons. The highest BCUT2D eigenvalue weighted by atomic mass is 32.2. The van der Waals surface area contributed by atoms with Crippen molar-refractivity contribution in [1.29, 1.82) is 0 Å². The second-order valence-electron chi connectivity index (χ2n) is 9.65. The quantitative estimate of drug-likeness (QED) is 0.646. The Hall–Kier alpha value is -1.83. The number of carbonyl (C=O) groups is 2. The zero-order valence-corrected chi connectivity index (χ0v) is 21.0. The normalized spacial score (nSPS) is 22.6. The summed E-state index contributed by atoms with van der Waals surface area (Å²) in [6.07, 6.45) is 0. The monoisotopic (exact) mass is 471 g/mol. The summed E-state index contributed by atoms with van der Waals surface area (Å²) in [5, 5.41) is 2.01. The molecular weight excluding hydrogens is 438 g/mol. The molecule has 0 saturated carbocycles. The van der Waals surface area contributed by atoms with Gasteiger partial charge in [-0.1, -0.05) is 51.1 Å². The number of benzene rings is 1. The minimum Gasteiger partial charge on any atom is -0.335 e. The molecule has 0 aliphatic carbocycles. The third kappa shape index (κ3) is 5.05. The summed E-state index contributed by atoms with van der Waals surface area (Å²) in [5.74, 6) is 0.366. The molecule has 0 N–H and O–H groups in total. The molecule has 5 nitrogen and oxygen atoms in total. The van der Waals surface area contributed by atoms with Gasteiger partial charge in [-0.2, -0.15) is 0 Å². The number of amides is 2. The van der Waals surface area contributed by atoms with E-state index in [-0.39, 0.29) is 27.9 Å². The van der Waals surface area contributed by atoms with E-state index in [0.717, 1.165) is 44.1 Å². The van der Waals surface area contributed by atoms with Crippen LogP contribution in [0.3, 0.4) is 0 Å². The van der Waals surface area contributed by atoms with E-state index < -0.39 is 0 Å². The van der Waals surface area contributed by atoms with Crippen molar-refractivity contribution < 1.29 is 9.59 Å². The summed E-state index contributed by atoms with van der Waals surface area (Å²) in [6, 6.07) is 12.6. The highest BCUT2D eigenvalue weighted by Crippen LogP contribution is 2.43. The molecule has 2 fully saturated rings. The van der Waals surface area contributed by atoms with Gasteiger partial charge in [-0.3, -0.25) is 14.5 Å². The van der Waals surface area contributed by atoms with Gasteiger partial charge in [-0.05, 0) is 34.9 Å². The zero-order chi connectivity index (χ0) is 22.9. The van der Waals surface area contributed by atoms with Gasteiger partial charge in [-0.25, -0.2) is 0 Å². The Kier molecular flexibility index (Phi) is 6.98. The second-order valence-corrected chi connectivity index (χ2v) is 12.0. The summed E-state index contributed by atoms with van der Waals surface area (Å²) in [6.45, 7) is 13.4. The molecule has 2 amide bonds. The molecule has 0 spiro atoms. The Morgan fingerprint density at radius 2 is 1.72 bits per heavy atom. The topological polar surface area (TPSA) is 43.9 Å². The van der Waals surface area contributed by atoms with Crippen LogP contribution in [0.4, 0.5) is 0 Å². The van der Waals surface area contributed by atoms with E-state index in [2.05, 4.69) is 49.9 Å².